The van der Waals surface area contributed by atoms with Gasteiger partial charge < -0.3 is 10.2 Å². The number of benzene rings is 2. The molecular weight excluding hydrogens is 384 g/mol. The van der Waals surface area contributed by atoms with Gasteiger partial charge in [0.05, 0.1) is 16.8 Å². The summed E-state index contributed by atoms with van der Waals surface area (Å²) in [6.45, 7) is 6.26. The molecule has 0 aliphatic carbocycles. The summed E-state index contributed by atoms with van der Waals surface area (Å²) < 4.78 is 0. The van der Waals surface area contributed by atoms with Crippen molar-refractivity contribution in [1.29, 1.82) is 5.26 Å². The van der Waals surface area contributed by atoms with Gasteiger partial charge in [-0.2, -0.15) is 5.26 Å². The first-order valence-corrected chi connectivity index (χ1v) is 11.0. The minimum atomic E-state index is 0.00605. The van der Waals surface area contributed by atoms with Crippen LogP contribution >= 0.6 is 0 Å². The number of nitriles is 1. The van der Waals surface area contributed by atoms with Crippen molar-refractivity contribution >= 4 is 22.5 Å². The molecule has 1 aliphatic heterocycles. The zero-order chi connectivity index (χ0) is 21.8. The Kier molecular flexibility index (Phi) is 6.18. The highest BCUT2D eigenvalue weighted by molar-refractivity contribution is 5.95. The first-order valence-electron chi connectivity index (χ1n) is 11.0. The van der Waals surface area contributed by atoms with Crippen LogP contribution < -0.4 is 10.2 Å². The molecule has 1 N–H and O–H groups in total. The molecule has 0 unspecified atom stereocenters. The van der Waals surface area contributed by atoms with Crippen molar-refractivity contribution in [3.63, 3.8) is 0 Å². The first-order chi connectivity index (χ1) is 15.1. The minimum Gasteiger partial charge on any atom is -0.370 e. The van der Waals surface area contributed by atoms with E-state index in [-0.39, 0.29) is 11.8 Å². The zero-order valence-electron chi connectivity index (χ0n) is 18.2. The number of carbonyl (C=O) groups excluding carboxylic acids is 1. The molecule has 0 atom stereocenters. The van der Waals surface area contributed by atoms with Crippen LogP contribution in [0.15, 0.2) is 48.7 Å². The summed E-state index contributed by atoms with van der Waals surface area (Å²) >= 11 is 0. The lowest BCUT2D eigenvalue weighted by atomic mass is 9.94. The van der Waals surface area contributed by atoms with Gasteiger partial charge in [0.25, 0.3) is 0 Å². The van der Waals surface area contributed by atoms with Crippen LogP contribution in [0, 0.1) is 24.2 Å². The van der Waals surface area contributed by atoms with Crippen molar-refractivity contribution in [2.45, 2.75) is 39.7 Å². The third-order valence-electron chi connectivity index (χ3n) is 6.20. The van der Waals surface area contributed by atoms with Crippen molar-refractivity contribution < 1.29 is 4.79 Å². The lowest BCUT2D eigenvalue weighted by Crippen LogP contribution is -2.40. The van der Waals surface area contributed by atoms with E-state index >= 15 is 0 Å². The molecule has 1 aromatic heterocycles. The zero-order valence-corrected chi connectivity index (χ0v) is 18.2. The lowest BCUT2D eigenvalue weighted by molar-refractivity contribution is -0.125. The monoisotopic (exact) mass is 412 g/mol. The van der Waals surface area contributed by atoms with Gasteiger partial charge in [0, 0.05) is 37.1 Å². The molecule has 0 saturated carbocycles. The smallest absolute Gasteiger partial charge is 0.223 e. The van der Waals surface area contributed by atoms with E-state index in [9.17, 15) is 10.1 Å². The summed E-state index contributed by atoms with van der Waals surface area (Å²) in [5.41, 5.74) is 6.03. The summed E-state index contributed by atoms with van der Waals surface area (Å²) in [7, 11) is 0. The Morgan fingerprint density at radius 1 is 1.16 bits per heavy atom. The molecule has 2 aromatic carbocycles. The maximum atomic E-state index is 12.7. The molecular formula is C26H28N4O. The fraction of sp³-hybridized carbons (Fsp3) is 0.346. The second kappa shape index (κ2) is 9.18. The standard InChI is InChI=1S/C26H28N4O/c1-3-19-8-9-24-23(14-19)25(22(15-27)17-28-24)30-12-10-21(11-13-30)26(31)29-16-20-6-4-18(2)5-7-20/h4-9,14,17,21H,3,10-13,16H2,1-2H3,(H,29,31). The van der Waals surface area contributed by atoms with Crippen molar-refractivity contribution in [2.75, 3.05) is 18.0 Å². The number of rotatable bonds is 5. The van der Waals surface area contributed by atoms with Gasteiger partial charge in [0.1, 0.15) is 6.07 Å². The number of anilines is 1. The highest BCUT2D eigenvalue weighted by Crippen LogP contribution is 2.33. The van der Waals surface area contributed by atoms with Gasteiger partial charge in [-0.25, -0.2) is 0 Å². The van der Waals surface area contributed by atoms with E-state index in [0.717, 1.165) is 54.5 Å². The van der Waals surface area contributed by atoms with Crippen LogP contribution in [0.2, 0.25) is 0 Å². The number of pyridine rings is 1. The fourth-order valence-electron chi connectivity index (χ4n) is 4.27. The highest BCUT2D eigenvalue weighted by atomic mass is 16.1. The number of aryl methyl sites for hydroxylation is 2. The number of fused-ring (bicyclic) bond motifs is 1. The predicted octanol–water partition coefficient (Wildman–Crippen LogP) is 4.51. The van der Waals surface area contributed by atoms with Crippen LogP contribution in [0.5, 0.6) is 0 Å². The quantitative estimate of drug-likeness (QED) is 0.669. The van der Waals surface area contributed by atoms with Gasteiger partial charge >= 0.3 is 0 Å². The topological polar surface area (TPSA) is 69.0 Å². The van der Waals surface area contributed by atoms with E-state index in [2.05, 4.69) is 71.5 Å². The molecule has 1 fully saturated rings. The summed E-state index contributed by atoms with van der Waals surface area (Å²) in [4.78, 5) is 19.4. The van der Waals surface area contributed by atoms with Gasteiger partial charge in [-0.1, -0.05) is 42.8 Å². The molecule has 2 heterocycles. The maximum Gasteiger partial charge on any atom is 0.223 e. The molecule has 1 saturated heterocycles. The number of hydrogen-bond donors (Lipinski definition) is 1. The Balaban J connectivity index is 1.46. The molecule has 4 rings (SSSR count). The average molecular weight is 413 g/mol. The van der Waals surface area contributed by atoms with E-state index in [4.69, 9.17) is 0 Å². The van der Waals surface area contributed by atoms with Gasteiger partial charge in [-0.3, -0.25) is 9.78 Å². The molecule has 31 heavy (non-hydrogen) atoms. The number of nitrogens with zero attached hydrogens (tertiary/aromatic N) is 3. The van der Waals surface area contributed by atoms with Crippen molar-refractivity contribution in [3.8, 4) is 6.07 Å². The molecule has 0 radical (unpaired) electrons. The van der Waals surface area contributed by atoms with Crippen molar-refractivity contribution in [2.24, 2.45) is 5.92 Å². The molecule has 1 amide bonds. The third-order valence-corrected chi connectivity index (χ3v) is 6.20. The number of aromatic nitrogens is 1. The molecule has 0 spiro atoms. The maximum absolute atomic E-state index is 12.7. The minimum absolute atomic E-state index is 0.00605. The number of nitrogens with one attached hydrogen (secondary N) is 1. The number of piperidine rings is 1. The first kappa shape index (κ1) is 20.9. The molecule has 5 heteroatoms. The van der Waals surface area contributed by atoms with Crippen LogP contribution in [0.3, 0.4) is 0 Å². The Hall–Kier alpha value is -3.39. The van der Waals surface area contributed by atoms with E-state index < -0.39 is 0 Å². The Labute approximate surface area is 183 Å². The number of carbonyl (C=O) groups is 1. The SMILES string of the molecule is CCc1ccc2ncc(C#N)c(N3CCC(C(=O)NCc4ccc(C)cc4)CC3)c2c1. The summed E-state index contributed by atoms with van der Waals surface area (Å²) in [5.74, 6) is 0.125. The Bertz CT molecular complexity index is 1120. The largest absolute Gasteiger partial charge is 0.370 e. The van der Waals surface area contributed by atoms with Crippen LogP contribution in [0.25, 0.3) is 10.9 Å². The van der Waals surface area contributed by atoms with E-state index in [0.29, 0.717) is 12.1 Å². The van der Waals surface area contributed by atoms with Crippen molar-refractivity contribution in [1.82, 2.24) is 10.3 Å². The van der Waals surface area contributed by atoms with Crippen molar-refractivity contribution in [3.05, 3.63) is 70.9 Å². The number of amides is 1. The van der Waals surface area contributed by atoms with Gasteiger partial charge in [0.2, 0.25) is 5.91 Å². The second-order valence-corrected chi connectivity index (χ2v) is 8.30. The summed E-state index contributed by atoms with van der Waals surface area (Å²) in [6.07, 6.45) is 4.17. The molecule has 158 valence electrons. The number of hydrogen-bond acceptors (Lipinski definition) is 4. The van der Waals surface area contributed by atoms with Crippen LogP contribution in [0.1, 0.15) is 42.0 Å². The van der Waals surface area contributed by atoms with E-state index in [1.165, 1.54) is 11.1 Å². The normalized spacial score (nSPS) is 14.4. The summed E-state index contributed by atoms with van der Waals surface area (Å²) in [5, 5.41) is 13.8. The summed E-state index contributed by atoms with van der Waals surface area (Å²) in [6, 6.07) is 16.8. The average Bonchev–Trinajstić information content (AvgIpc) is 2.82. The third kappa shape index (κ3) is 4.54. The highest BCUT2D eigenvalue weighted by Gasteiger charge is 2.27. The lowest BCUT2D eigenvalue weighted by Gasteiger charge is -2.34. The van der Waals surface area contributed by atoms with Gasteiger partial charge in [-0.05, 0) is 49.4 Å². The van der Waals surface area contributed by atoms with Crippen LogP contribution in [-0.4, -0.2) is 24.0 Å². The molecule has 1 aliphatic rings. The van der Waals surface area contributed by atoms with E-state index in [1.54, 1.807) is 6.20 Å². The van der Waals surface area contributed by atoms with Gasteiger partial charge in [0.15, 0.2) is 0 Å². The Morgan fingerprint density at radius 2 is 1.87 bits per heavy atom. The second-order valence-electron chi connectivity index (χ2n) is 8.30. The van der Waals surface area contributed by atoms with E-state index in [1.807, 2.05) is 6.07 Å². The molecule has 5 nitrogen and oxygen atoms in total. The van der Waals surface area contributed by atoms with Gasteiger partial charge in [-0.15, -0.1) is 0 Å². The predicted molar refractivity (Wildman–Crippen MR) is 124 cm³/mol. The Morgan fingerprint density at radius 3 is 2.55 bits per heavy atom. The van der Waals surface area contributed by atoms with Crippen LogP contribution in [0.4, 0.5) is 5.69 Å². The van der Waals surface area contributed by atoms with Crippen LogP contribution in [-0.2, 0) is 17.8 Å². The molecule has 3 aromatic rings. The molecule has 0 bridgehead atoms. The fourth-order valence-corrected chi connectivity index (χ4v) is 4.27.